The number of hydrogen-bond donors (Lipinski definition) is 2. The van der Waals surface area contributed by atoms with Gasteiger partial charge in [0, 0.05) is 13.1 Å². The number of primary amides is 1. The number of anilines is 2. The number of nitrogens with two attached hydrogens (primary N) is 2. The van der Waals surface area contributed by atoms with E-state index in [1.807, 2.05) is 6.07 Å². The molecule has 0 spiro atoms. The predicted octanol–water partition coefficient (Wildman–Crippen LogP) is 2.30. The van der Waals surface area contributed by atoms with Gasteiger partial charge in [0.15, 0.2) is 0 Å². The topological polar surface area (TPSA) is 72.3 Å². The van der Waals surface area contributed by atoms with Crippen molar-refractivity contribution >= 4 is 27.9 Å². The lowest BCUT2D eigenvalue weighted by atomic mass is 9.87. The van der Waals surface area contributed by atoms with Gasteiger partial charge in [0.2, 0.25) is 0 Å². The first-order valence-electron chi connectivity index (χ1n) is 6.43. The largest absolute Gasteiger partial charge is 0.397 e. The maximum absolute atomic E-state index is 11.2. The van der Waals surface area contributed by atoms with Crippen LogP contribution in [0.15, 0.2) is 6.07 Å². The fraction of sp³-hybridized carbons (Fsp3) is 0.615. The van der Waals surface area contributed by atoms with Crippen molar-refractivity contribution in [3.63, 3.8) is 0 Å². The molecule has 100 valence electrons. The quantitative estimate of drug-likeness (QED) is 0.882. The summed E-state index contributed by atoms with van der Waals surface area (Å²) in [4.78, 5) is 14.0. The number of carbonyl (C=O) groups is 1. The molecule has 2 rings (SSSR count). The average molecular weight is 267 g/mol. The Morgan fingerprint density at radius 3 is 2.50 bits per heavy atom. The van der Waals surface area contributed by atoms with Crippen molar-refractivity contribution in [1.29, 1.82) is 0 Å². The SMILES string of the molecule is CC(C)C1CCN(c2cc(N)c(C(N)=O)s2)CC1. The van der Waals surface area contributed by atoms with E-state index >= 15 is 0 Å². The Bertz CT molecular complexity index is 433. The van der Waals surface area contributed by atoms with E-state index in [-0.39, 0.29) is 0 Å². The summed E-state index contributed by atoms with van der Waals surface area (Å²) in [5, 5.41) is 1.07. The minimum absolute atomic E-state index is 0.430. The van der Waals surface area contributed by atoms with E-state index in [0.29, 0.717) is 10.6 Å². The van der Waals surface area contributed by atoms with E-state index in [1.54, 1.807) is 0 Å². The van der Waals surface area contributed by atoms with Crippen LogP contribution in [-0.2, 0) is 0 Å². The van der Waals surface area contributed by atoms with Gasteiger partial charge in [-0.1, -0.05) is 13.8 Å². The lowest BCUT2D eigenvalue weighted by molar-refractivity contribution is 0.100. The van der Waals surface area contributed by atoms with E-state index in [1.165, 1.54) is 24.2 Å². The van der Waals surface area contributed by atoms with Crippen molar-refractivity contribution in [3.8, 4) is 0 Å². The zero-order valence-electron chi connectivity index (χ0n) is 11.0. The molecule has 18 heavy (non-hydrogen) atoms. The molecule has 2 heterocycles. The van der Waals surface area contributed by atoms with E-state index < -0.39 is 5.91 Å². The molecular weight excluding hydrogens is 246 g/mol. The highest BCUT2D eigenvalue weighted by molar-refractivity contribution is 7.18. The predicted molar refractivity (Wildman–Crippen MR) is 77.0 cm³/mol. The highest BCUT2D eigenvalue weighted by atomic mass is 32.1. The summed E-state index contributed by atoms with van der Waals surface area (Å²) >= 11 is 1.41. The molecule has 0 saturated carbocycles. The lowest BCUT2D eigenvalue weighted by Crippen LogP contribution is -2.34. The standard InChI is InChI=1S/C13H21N3OS/c1-8(2)9-3-5-16(6-4-9)11-7-10(14)12(18-11)13(15)17/h7-9H,3-6,14H2,1-2H3,(H2,15,17). The highest BCUT2D eigenvalue weighted by Gasteiger charge is 2.23. The molecule has 1 aliphatic heterocycles. The van der Waals surface area contributed by atoms with Crippen LogP contribution in [0.5, 0.6) is 0 Å². The minimum Gasteiger partial charge on any atom is -0.397 e. The van der Waals surface area contributed by atoms with E-state index in [9.17, 15) is 4.79 Å². The Kier molecular flexibility index (Phi) is 3.80. The van der Waals surface area contributed by atoms with E-state index in [4.69, 9.17) is 11.5 Å². The smallest absolute Gasteiger partial charge is 0.260 e. The van der Waals surface area contributed by atoms with Crippen molar-refractivity contribution in [2.75, 3.05) is 23.7 Å². The summed E-state index contributed by atoms with van der Waals surface area (Å²) < 4.78 is 0. The third-order valence-electron chi connectivity index (χ3n) is 3.77. The van der Waals surface area contributed by atoms with Gasteiger partial charge in [-0.2, -0.15) is 0 Å². The molecular formula is C13H21N3OS. The number of piperidine rings is 1. The summed E-state index contributed by atoms with van der Waals surface area (Å²) in [5.41, 5.74) is 11.6. The maximum Gasteiger partial charge on any atom is 0.260 e. The first-order valence-corrected chi connectivity index (χ1v) is 7.24. The number of carbonyl (C=O) groups excluding carboxylic acids is 1. The third-order valence-corrected chi connectivity index (χ3v) is 4.99. The van der Waals surface area contributed by atoms with E-state index in [0.717, 1.165) is 29.9 Å². The molecule has 1 aromatic heterocycles. The molecule has 4 nitrogen and oxygen atoms in total. The van der Waals surface area contributed by atoms with Crippen molar-refractivity contribution in [1.82, 2.24) is 0 Å². The van der Waals surface area contributed by atoms with Gasteiger partial charge in [-0.25, -0.2) is 0 Å². The van der Waals surface area contributed by atoms with Crippen LogP contribution < -0.4 is 16.4 Å². The van der Waals surface area contributed by atoms with Crippen LogP contribution in [0.4, 0.5) is 10.7 Å². The Balaban J connectivity index is 2.06. The molecule has 0 unspecified atom stereocenters. The first kappa shape index (κ1) is 13.2. The normalized spacial score (nSPS) is 17.4. The fourth-order valence-corrected chi connectivity index (χ4v) is 3.51. The molecule has 4 N–H and O–H groups in total. The van der Waals surface area contributed by atoms with Gasteiger partial charge in [0.25, 0.3) is 5.91 Å². The number of nitrogens with zero attached hydrogens (tertiary/aromatic N) is 1. The maximum atomic E-state index is 11.2. The average Bonchev–Trinajstić information content (AvgIpc) is 2.71. The Labute approximate surface area is 112 Å². The molecule has 0 aliphatic carbocycles. The summed E-state index contributed by atoms with van der Waals surface area (Å²) in [6.07, 6.45) is 2.42. The van der Waals surface area contributed by atoms with Crippen LogP contribution in [0.3, 0.4) is 0 Å². The lowest BCUT2D eigenvalue weighted by Gasteiger charge is -2.34. The van der Waals surface area contributed by atoms with Crippen LogP contribution >= 0.6 is 11.3 Å². The van der Waals surface area contributed by atoms with Crippen LogP contribution in [0.1, 0.15) is 36.4 Å². The van der Waals surface area contributed by atoms with Crippen LogP contribution in [0, 0.1) is 11.8 Å². The molecule has 1 fully saturated rings. The molecule has 1 aromatic rings. The molecule has 0 radical (unpaired) electrons. The van der Waals surface area contributed by atoms with Gasteiger partial charge < -0.3 is 16.4 Å². The number of amides is 1. The van der Waals surface area contributed by atoms with Crippen molar-refractivity contribution in [2.45, 2.75) is 26.7 Å². The van der Waals surface area contributed by atoms with Crippen LogP contribution in [-0.4, -0.2) is 19.0 Å². The van der Waals surface area contributed by atoms with Gasteiger partial charge in [-0.15, -0.1) is 11.3 Å². The van der Waals surface area contributed by atoms with E-state index in [2.05, 4.69) is 18.7 Å². The summed E-state index contributed by atoms with van der Waals surface area (Å²) in [5.74, 6) is 1.14. The molecule has 1 aliphatic rings. The Morgan fingerprint density at radius 1 is 1.44 bits per heavy atom. The number of hydrogen-bond acceptors (Lipinski definition) is 4. The number of rotatable bonds is 3. The second kappa shape index (κ2) is 5.18. The van der Waals surface area contributed by atoms with Crippen molar-refractivity contribution in [2.24, 2.45) is 17.6 Å². The Morgan fingerprint density at radius 2 is 2.06 bits per heavy atom. The highest BCUT2D eigenvalue weighted by Crippen LogP contribution is 2.35. The molecule has 1 saturated heterocycles. The fourth-order valence-electron chi connectivity index (χ4n) is 2.53. The Hall–Kier alpha value is -1.23. The van der Waals surface area contributed by atoms with Gasteiger partial charge in [0.1, 0.15) is 4.88 Å². The molecule has 0 bridgehead atoms. The minimum atomic E-state index is -0.430. The van der Waals surface area contributed by atoms with Crippen LogP contribution in [0.2, 0.25) is 0 Å². The van der Waals surface area contributed by atoms with Gasteiger partial charge >= 0.3 is 0 Å². The van der Waals surface area contributed by atoms with Gasteiger partial charge in [0.05, 0.1) is 10.7 Å². The molecule has 1 amide bonds. The number of nitrogen functional groups attached to an aromatic ring is 1. The monoisotopic (exact) mass is 267 g/mol. The summed E-state index contributed by atoms with van der Waals surface area (Å²) in [6, 6.07) is 1.88. The zero-order chi connectivity index (χ0) is 13.3. The zero-order valence-corrected chi connectivity index (χ0v) is 11.8. The van der Waals surface area contributed by atoms with Crippen LogP contribution in [0.25, 0.3) is 0 Å². The van der Waals surface area contributed by atoms with Crippen molar-refractivity contribution < 1.29 is 4.79 Å². The molecule has 0 atom stereocenters. The van der Waals surface area contributed by atoms with Gasteiger partial charge in [-0.3, -0.25) is 4.79 Å². The molecule has 5 heteroatoms. The summed E-state index contributed by atoms with van der Waals surface area (Å²) in [7, 11) is 0. The third kappa shape index (κ3) is 2.61. The van der Waals surface area contributed by atoms with Crippen molar-refractivity contribution in [3.05, 3.63) is 10.9 Å². The number of thiophene rings is 1. The second-order valence-electron chi connectivity index (χ2n) is 5.30. The second-order valence-corrected chi connectivity index (χ2v) is 6.33. The summed E-state index contributed by atoms with van der Waals surface area (Å²) in [6.45, 7) is 6.66. The van der Waals surface area contributed by atoms with Gasteiger partial charge in [-0.05, 0) is 30.7 Å². The molecule has 0 aromatic carbocycles. The first-order chi connectivity index (χ1) is 8.49.